The lowest BCUT2D eigenvalue weighted by molar-refractivity contribution is -0.113. The molecule has 0 radical (unpaired) electrons. The molecule has 2 aromatic carbocycles. The van der Waals surface area contributed by atoms with Crippen LogP contribution < -0.4 is 5.32 Å². The fraction of sp³-hybridized carbons (Fsp3) is 0.348. The minimum atomic E-state index is -0.0339. The van der Waals surface area contributed by atoms with Crippen LogP contribution in [0.25, 0.3) is 0 Å². The Hall–Kier alpha value is -2.25. The number of carbonyl (C=O) groups is 1. The maximum atomic E-state index is 12.5. The number of amides is 1. The van der Waals surface area contributed by atoms with Crippen LogP contribution in [0.5, 0.6) is 0 Å². The van der Waals surface area contributed by atoms with Gasteiger partial charge in [0.15, 0.2) is 5.16 Å². The fourth-order valence-corrected chi connectivity index (χ4v) is 4.92. The molecule has 0 bridgehead atoms. The third kappa shape index (κ3) is 5.89. The first-order chi connectivity index (χ1) is 14.3. The standard InChI is InChI=1S/C23H28N4OS2/c1-15-6-8-19(9-7-15)12-29-13-20-25-26-23(27(20)5)30-14-21(28)24-22-17(3)10-16(2)11-18(22)4/h6-11H,12-14H2,1-5H3,(H,24,28). The van der Waals surface area contributed by atoms with Crippen molar-refractivity contribution >= 4 is 35.1 Å². The predicted molar refractivity (Wildman–Crippen MR) is 127 cm³/mol. The van der Waals surface area contributed by atoms with Crippen molar-refractivity contribution in [1.82, 2.24) is 14.8 Å². The van der Waals surface area contributed by atoms with Crippen LogP contribution in [-0.2, 0) is 23.3 Å². The summed E-state index contributed by atoms with van der Waals surface area (Å²) in [6.07, 6.45) is 0. The van der Waals surface area contributed by atoms with Gasteiger partial charge in [-0.3, -0.25) is 4.79 Å². The lowest BCUT2D eigenvalue weighted by atomic mass is 10.1. The first kappa shape index (κ1) is 22.4. The Morgan fingerprint density at radius 2 is 1.63 bits per heavy atom. The topological polar surface area (TPSA) is 59.8 Å². The molecule has 0 saturated heterocycles. The highest BCUT2D eigenvalue weighted by atomic mass is 32.2. The van der Waals surface area contributed by atoms with Gasteiger partial charge in [-0.15, -0.1) is 22.0 Å². The first-order valence-corrected chi connectivity index (χ1v) is 12.0. The van der Waals surface area contributed by atoms with Crippen LogP contribution in [0.4, 0.5) is 5.69 Å². The number of thioether (sulfide) groups is 2. The molecule has 7 heteroatoms. The van der Waals surface area contributed by atoms with Gasteiger partial charge in [0.05, 0.1) is 11.5 Å². The molecule has 3 rings (SSSR count). The number of anilines is 1. The summed E-state index contributed by atoms with van der Waals surface area (Å²) in [5.41, 5.74) is 6.84. The lowest BCUT2D eigenvalue weighted by Crippen LogP contribution is -2.16. The summed E-state index contributed by atoms with van der Waals surface area (Å²) >= 11 is 3.22. The van der Waals surface area contributed by atoms with Gasteiger partial charge >= 0.3 is 0 Å². The Morgan fingerprint density at radius 1 is 0.967 bits per heavy atom. The van der Waals surface area contributed by atoms with Crippen LogP contribution in [0.3, 0.4) is 0 Å². The summed E-state index contributed by atoms with van der Waals surface area (Å²) in [7, 11) is 1.95. The Kier molecular flexibility index (Phi) is 7.61. The molecular weight excluding hydrogens is 412 g/mol. The predicted octanol–water partition coefficient (Wildman–Crippen LogP) is 5.21. The van der Waals surface area contributed by atoms with Crippen LogP contribution in [0.1, 0.15) is 33.6 Å². The first-order valence-electron chi connectivity index (χ1n) is 9.85. The van der Waals surface area contributed by atoms with E-state index in [4.69, 9.17) is 0 Å². The number of nitrogens with one attached hydrogen (secondary N) is 1. The largest absolute Gasteiger partial charge is 0.325 e. The quantitative estimate of drug-likeness (QED) is 0.487. The molecular formula is C23H28N4OS2. The highest BCUT2D eigenvalue weighted by Crippen LogP contribution is 2.24. The minimum Gasteiger partial charge on any atom is -0.325 e. The molecule has 0 aliphatic carbocycles. The summed E-state index contributed by atoms with van der Waals surface area (Å²) in [5, 5.41) is 12.4. The maximum absolute atomic E-state index is 12.5. The van der Waals surface area contributed by atoms with E-state index in [0.717, 1.165) is 39.3 Å². The average molecular weight is 441 g/mol. The number of nitrogens with zero attached hydrogens (tertiary/aromatic N) is 3. The molecule has 1 amide bonds. The van der Waals surface area contributed by atoms with Gasteiger partial charge in [0.2, 0.25) is 5.91 Å². The molecule has 1 aromatic heterocycles. The van der Waals surface area contributed by atoms with E-state index in [0.29, 0.717) is 5.75 Å². The number of rotatable bonds is 8. The molecule has 0 unspecified atom stereocenters. The molecule has 0 fully saturated rings. The van der Waals surface area contributed by atoms with Crippen molar-refractivity contribution in [3.8, 4) is 0 Å². The summed E-state index contributed by atoms with van der Waals surface area (Å²) < 4.78 is 1.97. The number of carbonyl (C=O) groups excluding carboxylic acids is 1. The number of benzene rings is 2. The molecule has 1 heterocycles. The Labute approximate surface area is 187 Å². The number of aromatic nitrogens is 3. The van der Waals surface area contributed by atoms with Gasteiger partial charge in [-0.25, -0.2) is 0 Å². The van der Waals surface area contributed by atoms with E-state index >= 15 is 0 Å². The Balaban J connectivity index is 1.51. The number of hydrogen-bond acceptors (Lipinski definition) is 5. The fourth-order valence-electron chi connectivity index (χ4n) is 3.22. The van der Waals surface area contributed by atoms with Crippen molar-refractivity contribution in [3.63, 3.8) is 0 Å². The lowest BCUT2D eigenvalue weighted by Gasteiger charge is -2.12. The van der Waals surface area contributed by atoms with Gasteiger partial charge in [0, 0.05) is 18.5 Å². The zero-order chi connectivity index (χ0) is 21.7. The molecule has 158 valence electrons. The third-order valence-corrected chi connectivity index (χ3v) is 6.84. The average Bonchev–Trinajstić information content (AvgIpc) is 3.04. The van der Waals surface area contributed by atoms with Crippen LogP contribution in [-0.4, -0.2) is 26.4 Å². The van der Waals surface area contributed by atoms with E-state index in [2.05, 4.69) is 65.8 Å². The maximum Gasteiger partial charge on any atom is 0.234 e. The zero-order valence-corrected chi connectivity index (χ0v) is 19.8. The van der Waals surface area contributed by atoms with Crippen molar-refractivity contribution in [3.05, 3.63) is 70.0 Å². The normalized spacial score (nSPS) is 11.0. The van der Waals surface area contributed by atoms with Gasteiger partial charge in [-0.1, -0.05) is 59.3 Å². The van der Waals surface area contributed by atoms with Crippen LogP contribution in [0.2, 0.25) is 0 Å². The van der Waals surface area contributed by atoms with Crippen molar-refractivity contribution in [2.24, 2.45) is 7.05 Å². The highest BCUT2D eigenvalue weighted by molar-refractivity contribution is 7.99. The second-order valence-corrected chi connectivity index (χ2v) is 9.47. The van der Waals surface area contributed by atoms with Crippen molar-refractivity contribution in [1.29, 1.82) is 0 Å². The summed E-state index contributed by atoms with van der Waals surface area (Å²) in [6.45, 7) is 8.20. The summed E-state index contributed by atoms with van der Waals surface area (Å²) in [6, 6.07) is 12.8. The SMILES string of the molecule is Cc1ccc(CSCc2nnc(SCC(=O)Nc3c(C)cc(C)cc3C)n2C)cc1. The molecule has 0 saturated carbocycles. The van der Waals surface area contributed by atoms with E-state index in [9.17, 15) is 4.79 Å². The Morgan fingerprint density at radius 3 is 2.30 bits per heavy atom. The number of hydrogen-bond donors (Lipinski definition) is 1. The van der Waals surface area contributed by atoms with Gasteiger partial charge in [0.25, 0.3) is 0 Å². The second kappa shape index (κ2) is 10.2. The minimum absolute atomic E-state index is 0.0339. The number of aryl methyl sites for hydroxylation is 4. The van der Waals surface area contributed by atoms with Crippen molar-refractivity contribution < 1.29 is 4.79 Å². The molecule has 0 atom stereocenters. The van der Waals surface area contributed by atoms with Gasteiger partial charge in [-0.2, -0.15) is 0 Å². The van der Waals surface area contributed by atoms with Crippen LogP contribution in [0, 0.1) is 27.7 Å². The van der Waals surface area contributed by atoms with E-state index < -0.39 is 0 Å². The summed E-state index contributed by atoms with van der Waals surface area (Å²) in [5.74, 6) is 2.91. The van der Waals surface area contributed by atoms with Crippen molar-refractivity contribution in [2.75, 3.05) is 11.1 Å². The van der Waals surface area contributed by atoms with E-state index in [-0.39, 0.29) is 5.91 Å². The Bertz CT molecular complexity index is 1010. The second-order valence-electron chi connectivity index (χ2n) is 7.55. The molecule has 0 spiro atoms. The smallest absolute Gasteiger partial charge is 0.234 e. The van der Waals surface area contributed by atoms with E-state index in [1.807, 2.05) is 37.2 Å². The molecule has 5 nitrogen and oxygen atoms in total. The molecule has 30 heavy (non-hydrogen) atoms. The monoisotopic (exact) mass is 440 g/mol. The molecule has 3 aromatic rings. The molecule has 0 aliphatic rings. The van der Waals surface area contributed by atoms with Gasteiger partial charge in [0.1, 0.15) is 5.82 Å². The molecule has 1 N–H and O–H groups in total. The van der Waals surface area contributed by atoms with Crippen LogP contribution >= 0.6 is 23.5 Å². The summed E-state index contributed by atoms with van der Waals surface area (Å²) in [4.78, 5) is 12.5. The van der Waals surface area contributed by atoms with Crippen molar-refractivity contribution in [2.45, 2.75) is 44.4 Å². The van der Waals surface area contributed by atoms with Gasteiger partial charge in [-0.05, 0) is 44.4 Å². The van der Waals surface area contributed by atoms with Crippen LogP contribution in [0.15, 0.2) is 41.6 Å². The zero-order valence-electron chi connectivity index (χ0n) is 18.2. The third-order valence-electron chi connectivity index (χ3n) is 4.82. The van der Waals surface area contributed by atoms with E-state index in [1.165, 1.54) is 28.5 Å². The van der Waals surface area contributed by atoms with E-state index in [1.54, 1.807) is 0 Å². The highest BCUT2D eigenvalue weighted by Gasteiger charge is 2.13. The van der Waals surface area contributed by atoms with Gasteiger partial charge < -0.3 is 9.88 Å². The molecule has 0 aliphatic heterocycles.